The first-order valence-corrected chi connectivity index (χ1v) is 6.45. The van der Waals surface area contributed by atoms with Crippen molar-refractivity contribution in [2.75, 3.05) is 32.7 Å². The van der Waals surface area contributed by atoms with Crippen LogP contribution in [0.3, 0.4) is 0 Å². The van der Waals surface area contributed by atoms with Gasteiger partial charge in [-0.25, -0.2) is 0 Å². The van der Waals surface area contributed by atoms with Gasteiger partial charge < -0.3 is 16.0 Å². The number of nitrogens with one attached hydrogen (secondary N) is 1. The summed E-state index contributed by atoms with van der Waals surface area (Å²) in [6.07, 6.45) is 4.19. The molecule has 4 heteroatoms. The van der Waals surface area contributed by atoms with Gasteiger partial charge in [-0.15, -0.1) is 0 Å². The number of hydrogen-bond acceptors (Lipinski definition) is 3. The van der Waals surface area contributed by atoms with E-state index in [4.69, 9.17) is 5.73 Å². The van der Waals surface area contributed by atoms with Gasteiger partial charge in [-0.3, -0.25) is 4.79 Å². The molecule has 1 amide bonds. The van der Waals surface area contributed by atoms with Crippen molar-refractivity contribution in [1.29, 1.82) is 0 Å². The Bertz CT molecular complexity index is 230. The molecule has 0 radical (unpaired) electrons. The molecule has 2 rings (SSSR count). The van der Waals surface area contributed by atoms with Crippen molar-refractivity contribution in [2.45, 2.75) is 25.7 Å². The second kappa shape index (κ2) is 5.64. The molecule has 1 unspecified atom stereocenters. The average Bonchev–Trinajstić information content (AvgIpc) is 2.73. The zero-order valence-corrected chi connectivity index (χ0v) is 9.95. The number of amides is 1. The van der Waals surface area contributed by atoms with Crippen molar-refractivity contribution in [3.63, 3.8) is 0 Å². The van der Waals surface area contributed by atoms with E-state index >= 15 is 0 Å². The van der Waals surface area contributed by atoms with E-state index in [2.05, 4.69) is 10.2 Å². The number of likely N-dealkylation sites (tertiary alicyclic amines) is 1. The fourth-order valence-electron chi connectivity index (χ4n) is 2.89. The predicted molar refractivity (Wildman–Crippen MR) is 64.0 cm³/mol. The van der Waals surface area contributed by atoms with Gasteiger partial charge >= 0.3 is 0 Å². The van der Waals surface area contributed by atoms with Crippen molar-refractivity contribution in [1.82, 2.24) is 10.2 Å². The maximum absolute atomic E-state index is 10.8. The van der Waals surface area contributed by atoms with Crippen molar-refractivity contribution >= 4 is 5.91 Å². The van der Waals surface area contributed by atoms with Crippen molar-refractivity contribution in [2.24, 2.45) is 17.6 Å². The molecule has 2 saturated heterocycles. The van der Waals surface area contributed by atoms with Crippen LogP contribution in [0.25, 0.3) is 0 Å². The average molecular weight is 225 g/mol. The smallest absolute Gasteiger partial charge is 0.217 e. The van der Waals surface area contributed by atoms with Gasteiger partial charge in [0.05, 0.1) is 0 Å². The molecule has 2 aliphatic heterocycles. The molecule has 0 aromatic carbocycles. The van der Waals surface area contributed by atoms with Crippen LogP contribution < -0.4 is 11.1 Å². The highest BCUT2D eigenvalue weighted by molar-refractivity contribution is 5.73. The van der Waals surface area contributed by atoms with E-state index in [9.17, 15) is 4.79 Å². The highest BCUT2D eigenvalue weighted by Crippen LogP contribution is 2.21. The summed E-state index contributed by atoms with van der Waals surface area (Å²) in [5, 5.41) is 3.41. The van der Waals surface area contributed by atoms with Crippen LogP contribution in [0.2, 0.25) is 0 Å². The molecular weight excluding hydrogens is 202 g/mol. The molecule has 3 N–H and O–H groups in total. The number of primary amides is 1. The summed E-state index contributed by atoms with van der Waals surface area (Å²) in [5.41, 5.74) is 5.23. The molecule has 0 saturated carbocycles. The summed E-state index contributed by atoms with van der Waals surface area (Å²) < 4.78 is 0. The third kappa shape index (κ3) is 3.46. The fourth-order valence-corrected chi connectivity index (χ4v) is 2.89. The number of carbonyl (C=O) groups is 1. The second-order valence-corrected chi connectivity index (χ2v) is 5.27. The number of piperidine rings is 1. The summed E-state index contributed by atoms with van der Waals surface area (Å²) in [5.74, 6) is 1.24. The Morgan fingerprint density at radius 3 is 2.56 bits per heavy atom. The second-order valence-electron chi connectivity index (χ2n) is 5.27. The molecule has 2 heterocycles. The van der Waals surface area contributed by atoms with E-state index in [1.54, 1.807) is 0 Å². The molecule has 92 valence electrons. The number of nitrogens with zero attached hydrogens (tertiary/aromatic N) is 1. The summed E-state index contributed by atoms with van der Waals surface area (Å²) in [6.45, 7) is 5.89. The molecule has 4 nitrogen and oxygen atoms in total. The van der Waals surface area contributed by atoms with Crippen molar-refractivity contribution in [3.8, 4) is 0 Å². The Hall–Kier alpha value is -0.610. The third-order valence-electron chi connectivity index (χ3n) is 3.88. The van der Waals surface area contributed by atoms with E-state index in [0.717, 1.165) is 31.8 Å². The normalized spacial score (nSPS) is 28.4. The minimum atomic E-state index is -0.140. The van der Waals surface area contributed by atoms with E-state index in [0.29, 0.717) is 12.3 Å². The maximum Gasteiger partial charge on any atom is 0.217 e. The molecule has 2 aliphatic rings. The van der Waals surface area contributed by atoms with Crippen LogP contribution in [0.5, 0.6) is 0 Å². The zero-order valence-electron chi connectivity index (χ0n) is 9.95. The lowest BCUT2D eigenvalue weighted by Gasteiger charge is -2.32. The number of hydrogen-bond donors (Lipinski definition) is 2. The lowest BCUT2D eigenvalue weighted by atomic mass is 9.92. The number of nitrogens with two attached hydrogens (primary N) is 1. The van der Waals surface area contributed by atoms with Crippen LogP contribution in [0.4, 0.5) is 0 Å². The largest absolute Gasteiger partial charge is 0.370 e. The van der Waals surface area contributed by atoms with Gasteiger partial charge in [-0.1, -0.05) is 0 Å². The Morgan fingerprint density at radius 2 is 2.00 bits per heavy atom. The van der Waals surface area contributed by atoms with Gasteiger partial charge in [0.15, 0.2) is 0 Å². The monoisotopic (exact) mass is 225 g/mol. The zero-order chi connectivity index (χ0) is 11.4. The van der Waals surface area contributed by atoms with Crippen LogP contribution in [-0.4, -0.2) is 43.5 Å². The minimum absolute atomic E-state index is 0.140. The van der Waals surface area contributed by atoms with Gasteiger partial charge in [0.1, 0.15) is 0 Å². The van der Waals surface area contributed by atoms with Gasteiger partial charge in [0.2, 0.25) is 5.91 Å². The van der Waals surface area contributed by atoms with Gasteiger partial charge in [0, 0.05) is 13.0 Å². The first kappa shape index (κ1) is 11.9. The summed E-state index contributed by atoms with van der Waals surface area (Å²) in [6, 6.07) is 0. The highest BCUT2D eigenvalue weighted by atomic mass is 16.1. The fraction of sp³-hybridized carbons (Fsp3) is 0.917. The van der Waals surface area contributed by atoms with Gasteiger partial charge in [-0.05, 0) is 57.3 Å². The van der Waals surface area contributed by atoms with E-state index in [-0.39, 0.29) is 5.91 Å². The first-order chi connectivity index (χ1) is 7.74. The Balaban J connectivity index is 1.66. The number of carbonyl (C=O) groups excluding carboxylic acids is 1. The Morgan fingerprint density at radius 1 is 1.25 bits per heavy atom. The van der Waals surface area contributed by atoms with Gasteiger partial charge in [0.25, 0.3) is 0 Å². The summed E-state index contributed by atoms with van der Waals surface area (Å²) in [7, 11) is 0. The van der Waals surface area contributed by atoms with Gasteiger partial charge in [-0.2, -0.15) is 0 Å². The molecule has 0 bridgehead atoms. The lowest BCUT2D eigenvalue weighted by molar-refractivity contribution is -0.119. The summed E-state index contributed by atoms with van der Waals surface area (Å²) in [4.78, 5) is 13.4. The van der Waals surface area contributed by atoms with E-state index < -0.39 is 0 Å². The van der Waals surface area contributed by atoms with E-state index in [1.807, 2.05) is 0 Å². The van der Waals surface area contributed by atoms with Crippen LogP contribution in [0, 0.1) is 11.8 Å². The summed E-state index contributed by atoms with van der Waals surface area (Å²) >= 11 is 0. The minimum Gasteiger partial charge on any atom is -0.370 e. The third-order valence-corrected chi connectivity index (χ3v) is 3.88. The lowest BCUT2D eigenvalue weighted by Crippen LogP contribution is -2.38. The molecular formula is C12H23N3O. The number of rotatable bonds is 4. The maximum atomic E-state index is 10.8. The molecule has 16 heavy (non-hydrogen) atoms. The van der Waals surface area contributed by atoms with E-state index in [1.165, 1.54) is 26.1 Å². The van der Waals surface area contributed by atoms with Crippen molar-refractivity contribution in [3.05, 3.63) is 0 Å². The molecule has 0 aromatic heterocycles. The Kier molecular flexibility index (Phi) is 4.18. The van der Waals surface area contributed by atoms with Crippen LogP contribution in [0.1, 0.15) is 25.7 Å². The molecule has 0 aliphatic carbocycles. The molecule has 0 spiro atoms. The highest BCUT2D eigenvalue weighted by Gasteiger charge is 2.23. The van der Waals surface area contributed by atoms with Crippen molar-refractivity contribution < 1.29 is 4.79 Å². The predicted octanol–water partition coefficient (Wildman–Crippen LogP) is 0.183. The van der Waals surface area contributed by atoms with Crippen LogP contribution in [-0.2, 0) is 4.79 Å². The SMILES string of the molecule is NC(=O)CC1CCN(CC2CCNC2)CC1. The quantitative estimate of drug-likeness (QED) is 0.718. The molecule has 1 atom stereocenters. The first-order valence-electron chi connectivity index (χ1n) is 6.45. The molecule has 0 aromatic rings. The van der Waals surface area contributed by atoms with Crippen LogP contribution >= 0.6 is 0 Å². The topological polar surface area (TPSA) is 58.4 Å². The van der Waals surface area contributed by atoms with Crippen LogP contribution in [0.15, 0.2) is 0 Å². The Labute approximate surface area is 97.6 Å². The standard InChI is InChI=1S/C12H23N3O/c13-12(16)7-10-2-5-15(6-3-10)9-11-1-4-14-8-11/h10-11,14H,1-9H2,(H2,13,16). The molecule has 2 fully saturated rings.